The second-order valence-corrected chi connectivity index (χ2v) is 7.72. The lowest BCUT2D eigenvalue weighted by Gasteiger charge is -2.10. The number of hydrogen-bond donors (Lipinski definition) is 2. The molecule has 2 aromatic rings. The highest BCUT2D eigenvalue weighted by Gasteiger charge is 2.30. The Labute approximate surface area is 199 Å². The summed E-state index contributed by atoms with van der Waals surface area (Å²) in [5.74, 6) is -2.36. The third-order valence-electron chi connectivity index (χ3n) is 4.37. The number of hydrogen-bond acceptors (Lipinski definition) is 6. The first kappa shape index (κ1) is 27.4. The highest BCUT2D eigenvalue weighted by atomic mass is 19.4. The van der Waals surface area contributed by atoms with E-state index >= 15 is 0 Å². The number of nitrogens with one attached hydrogen (secondary N) is 2. The number of benzene rings is 2. The number of esters is 2. The van der Waals surface area contributed by atoms with Gasteiger partial charge in [0.25, 0.3) is 5.91 Å². The first-order valence-corrected chi connectivity index (χ1v) is 10.7. The van der Waals surface area contributed by atoms with Crippen molar-refractivity contribution in [1.82, 2.24) is 0 Å². The first-order valence-electron chi connectivity index (χ1n) is 10.7. The minimum atomic E-state index is -4.55. The van der Waals surface area contributed by atoms with Gasteiger partial charge in [-0.05, 0) is 62.7 Å². The molecule has 188 valence electrons. The van der Waals surface area contributed by atoms with Gasteiger partial charge in [-0.3, -0.25) is 14.4 Å². The summed E-state index contributed by atoms with van der Waals surface area (Å²) >= 11 is 0. The predicted molar refractivity (Wildman–Crippen MR) is 121 cm³/mol. The Kier molecular flexibility index (Phi) is 9.80. The standard InChI is InChI=1S/C24H25F3N2O6/c1-15(2)35-23(33)16-9-11-18(12-10-16)28-20(30)7-4-8-22(32)34-14-21(31)29-19-6-3-5-17(13-19)24(25,26)27/h3,5-6,9-13,15H,4,7-8,14H2,1-2H3,(H,28,30)(H,29,31). The lowest BCUT2D eigenvalue weighted by molar-refractivity contribution is -0.147. The molecule has 2 N–H and O–H groups in total. The Morgan fingerprint density at radius 1 is 0.886 bits per heavy atom. The van der Waals surface area contributed by atoms with Crippen LogP contribution in [0.5, 0.6) is 0 Å². The van der Waals surface area contributed by atoms with E-state index in [0.29, 0.717) is 11.3 Å². The van der Waals surface area contributed by atoms with Gasteiger partial charge in [0, 0.05) is 24.2 Å². The molecule has 0 aliphatic heterocycles. The predicted octanol–water partition coefficient (Wildman–Crippen LogP) is 4.56. The number of carbonyl (C=O) groups excluding carboxylic acids is 4. The third kappa shape index (κ3) is 9.86. The molecule has 0 saturated carbocycles. The van der Waals surface area contributed by atoms with Crippen LogP contribution in [0.4, 0.5) is 24.5 Å². The molecule has 2 rings (SSSR count). The Balaban J connectivity index is 1.68. The van der Waals surface area contributed by atoms with Gasteiger partial charge in [-0.2, -0.15) is 13.2 Å². The van der Waals surface area contributed by atoms with Crippen molar-refractivity contribution in [1.29, 1.82) is 0 Å². The van der Waals surface area contributed by atoms with Gasteiger partial charge in [-0.25, -0.2) is 4.79 Å². The lowest BCUT2D eigenvalue weighted by Crippen LogP contribution is -2.21. The number of alkyl halides is 3. The fraction of sp³-hybridized carbons (Fsp3) is 0.333. The van der Waals surface area contributed by atoms with Crippen LogP contribution >= 0.6 is 0 Å². The van der Waals surface area contributed by atoms with Crippen LogP contribution in [0, 0.1) is 0 Å². The summed E-state index contributed by atoms with van der Waals surface area (Å²) in [6.07, 6.45) is -4.78. The zero-order valence-corrected chi connectivity index (χ0v) is 19.1. The molecule has 0 atom stereocenters. The number of carbonyl (C=O) groups is 4. The molecular weight excluding hydrogens is 469 g/mol. The number of halogens is 3. The summed E-state index contributed by atoms with van der Waals surface area (Å²) in [6.45, 7) is 2.79. The normalized spacial score (nSPS) is 11.0. The second kappa shape index (κ2) is 12.5. The third-order valence-corrected chi connectivity index (χ3v) is 4.37. The molecule has 0 aliphatic carbocycles. The quantitative estimate of drug-likeness (QED) is 0.469. The number of anilines is 2. The van der Waals surface area contributed by atoms with Gasteiger partial charge in [0.15, 0.2) is 6.61 Å². The number of amides is 2. The van der Waals surface area contributed by atoms with E-state index in [1.165, 1.54) is 18.2 Å². The van der Waals surface area contributed by atoms with Crippen LogP contribution in [-0.4, -0.2) is 36.5 Å². The smallest absolute Gasteiger partial charge is 0.416 e. The van der Waals surface area contributed by atoms with E-state index in [-0.39, 0.29) is 37.0 Å². The number of rotatable bonds is 10. The van der Waals surface area contributed by atoms with Gasteiger partial charge >= 0.3 is 18.1 Å². The molecule has 0 aliphatic rings. The molecule has 8 nitrogen and oxygen atoms in total. The SMILES string of the molecule is CC(C)OC(=O)c1ccc(NC(=O)CCCC(=O)OCC(=O)Nc2cccc(C(F)(F)F)c2)cc1. The molecule has 0 unspecified atom stereocenters. The van der Waals surface area contributed by atoms with E-state index in [2.05, 4.69) is 10.6 Å². The fourth-order valence-electron chi connectivity index (χ4n) is 2.78. The molecule has 0 aromatic heterocycles. The second-order valence-electron chi connectivity index (χ2n) is 7.72. The van der Waals surface area contributed by atoms with Crippen LogP contribution in [0.25, 0.3) is 0 Å². The average molecular weight is 494 g/mol. The van der Waals surface area contributed by atoms with Crippen molar-refractivity contribution < 1.29 is 41.8 Å². The zero-order valence-electron chi connectivity index (χ0n) is 19.1. The van der Waals surface area contributed by atoms with Crippen molar-refractivity contribution in [2.75, 3.05) is 17.2 Å². The Morgan fingerprint density at radius 2 is 1.54 bits per heavy atom. The van der Waals surface area contributed by atoms with Crippen molar-refractivity contribution in [2.45, 2.75) is 45.4 Å². The summed E-state index contributed by atoms with van der Waals surface area (Å²) in [5, 5.41) is 4.85. The summed E-state index contributed by atoms with van der Waals surface area (Å²) < 4.78 is 48.0. The molecule has 0 spiro atoms. The van der Waals surface area contributed by atoms with Crippen LogP contribution in [-0.2, 0) is 30.0 Å². The zero-order chi connectivity index (χ0) is 26.0. The van der Waals surface area contributed by atoms with Gasteiger partial charge < -0.3 is 20.1 Å². The van der Waals surface area contributed by atoms with Crippen LogP contribution in [0.2, 0.25) is 0 Å². The maximum absolute atomic E-state index is 12.7. The molecule has 11 heteroatoms. The minimum absolute atomic E-state index is 0.00265. The Bertz CT molecular complexity index is 1050. The van der Waals surface area contributed by atoms with Crippen molar-refractivity contribution in [3.8, 4) is 0 Å². The summed E-state index contributed by atoms with van der Waals surface area (Å²) in [4.78, 5) is 47.4. The monoisotopic (exact) mass is 494 g/mol. The van der Waals surface area contributed by atoms with E-state index in [9.17, 15) is 32.3 Å². The van der Waals surface area contributed by atoms with Crippen LogP contribution in [0.1, 0.15) is 49.0 Å². The van der Waals surface area contributed by atoms with Gasteiger partial charge in [-0.15, -0.1) is 0 Å². The van der Waals surface area contributed by atoms with Crippen LogP contribution < -0.4 is 10.6 Å². The van der Waals surface area contributed by atoms with Gasteiger partial charge in [0.1, 0.15) is 0 Å². The average Bonchev–Trinajstić information content (AvgIpc) is 2.77. The van der Waals surface area contributed by atoms with Crippen LogP contribution in [0.15, 0.2) is 48.5 Å². The fourth-order valence-corrected chi connectivity index (χ4v) is 2.78. The maximum atomic E-state index is 12.7. The molecule has 0 radical (unpaired) electrons. The van der Waals surface area contributed by atoms with Gasteiger partial charge in [0.05, 0.1) is 17.2 Å². The van der Waals surface area contributed by atoms with Gasteiger partial charge in [0.2, 0.25) is 5.91 Å². The highest BCUT2D eigenvalue weighted by molar-refractivity contribution is 5.94. The maximum Gasteiger partial charge on any atom is 0.416 e. The molecule has 0 heterocycles. The van der Waals surface area contributed by atoms with E-state index in [4.69, 9.17) is 9.47 Å². The molecule has 2 amide bonds. The molecule has 2 aromatic carbocycles. The van der Waals surface area contributed by atoms with Crippen molar-refractivity contribution >= 4 is 35.1 Å². The molecule has 0 bridgehead atoms. The van der Waals surface area contributed by atoms with E-state index in [1.807, 2.05) is 0 Å². The van der Waals surface area contributed by atoms with Crippen molar-refractivity contribution in [2.24, 2.45) is 0 Å². The molecular formula is C24H25F3N2O6. The van der Waals surface area contributed by atoms with Crippen molar-refractivity contribution in [3.05, 3.63) is 59.7 Å². The summed E-state index contributed by atoms with van der Waals surface area (Å²) in [6, 6.07) is 10.2. The largest absolute Gasteiger partial charge is 0.459 e. The van der Waals surface area contributed by atoms with Crippen molar-refractivity contribution in [3.63, 3.8) is 0 Å². The topological polar surface area (TPSA) is 111 Å². The summed E-state index contributed by atoms with van der Waals surface area (Å²) in [7, 11) is 0. The lowest BCUT2D eigenvalue weighted by atomic mass is 10.2. The van der Waals surface area contributed by atoms with E-state index in [0.717, 1.165) is 18.2 Å². The Hall–Kier alpha value is -3.89. The van der Waals surface area contributed by atoms with E-state index < -0.39 is 36.2 Å². The van der Waals surface area contributed by atoms with E-state index in [1.54, 1.807) is 26.0 Å². The minimum Gasteiger partial charge on any atom is -0.459 e. The Morgan fingerprint density at radius 3 is 2.17 bits per heavy atom. The molecule has 0 fully saturated rings. The summed E-state index contributed by atoms with van der Waals surface area (Å²) in [5.41, 5.74) is -0.195. The number of ether oxygens (including phenoxy) is 2. The molecule has 35 heavy (non-hydrogen) atoms. The van der Waals surface area contributed by atoms with Crippen LogP contribution in [0.3, 0.4) is 0 Å². The van der Waals surface area contributed by atoms with Gasteiger partial charge in [-0.1, -0.05) is 6.07 Å². The first-order chi connectivity index (χ1) is 16.4. The molecule has 0 saturated heterocycles. The highest BCUT2D eigenvalue weighted by Crippen LogP contribution is 2.30.